The molecule has 2 aliphatic rings. The Morgan fingerprint density at radius 3 is 2.61 bits per heavy atom. The highest BCUT2D eigenvalue weighted by atomic mass is 127. The molecule has 0 saturated carbocycles. The first-order chi connectivity index (χ1) is 14.6. The monoisotopic (exact) mass is 543 g/mol. The molecule has 1 atom stereocenters. The van der Waals surface area contributed by atoms with E-state index in [1.165, 1.54) is 11.1 Å². The fourth-order valence-electron chi connectivity index (χ4n) is 4.40. The van der Waals surface area contributed by atoms with Crippen LogP contribution in [0.25, 0.3) is 0 Å². The van der Waals surface area contributed by atoms with Gasteiger partial charge in [0.15, 0.2) is 5.96 Å². The Morgan fingerprint density at radius 2 is 1.94 bits per heavy atom. The number of guanidine groups is 1. The number of amides is 1. The Balaban J connectivity index is 0.00000341. The van der Waals surface area contributed by atoms with Crippen LogP contribution in [0.3, 0.4) is 0 Å². The molecule has 0 bridgehead atoms. The van der Waals surface area contributed by atoms with E-state index in [4.69, 9.17) is 4.99 Å². The van der Waals surface area contributed by atoms with Crippen molar-refractivity contribution < 1.29 is 9.90 Å². The molecule has 8 heteroatoms. The van der Waals surface area contributed by atoms with Gasteiger partial charge < -0.3 is 20.6 Å². The second-order valence-electron chi connectivity index (χ2n) is 8.41. The highest BCUT2D eigenvalue weighted by Gasteiger charge is 2.23. The van der Waals surface area contributed by atoms with Gasteiger partial charge in [0.25, 0.3) is 0 Å². The lowest BCUT2D eigenvalue weighted by Crippen LogP contribution is -2.46. The summed E-state index contributed by atoms with van der Waals surface area (Å²) in [7, 11) is 1.70. The highest BCUT2D eigenvalue weighted by Crippen LogP contribution is 2.21. The zero-order chi connectivity index (χ0) is 21.3. The molecule has 7 nitrogen and oxygen atoms in total. The van der Waals surface area contributed by atoms with Gasteiger partial charge in [0.05, 0.1) is 12.6 Å². The first-order valence-electron chi connectivity index (χ1n) is 11.3. The maximum Gasteiger partial charge on any atom is 0.220 e. The number of carbonyl (C=O) groups is 1. The van der Waals surface area contributed by atoms with E-state index in [9.17, 15) is 9.90 Å². The predicted octanol–water partition coefficient (Wildman–Crippen LogP) is 1.84. The van der Waals surface area contributed by atoms with Crippen molar-refractivity contribution in [1.82, 2.24) is 20.4 Å². The molecule has 0 aromatic heterocycles. The van der Waals surface area contributed by atoms with Crippen molar-refractivity contribution in [2.24, 2.45) is 10.9 Å². The standard InChI is InChI=1S/C23H37N5O2.HI/c1-3-25-23(28-12-8-18(9-13-28)14-22(30)24-2)26-15-21(29)17-27-11-10-19-6-4-5-7-20(19)16-27;/h4-7,18,21,29H,3,8-17H2,1-2H3,(H,24,30)(H,25,26);1H. The van der Waals surface area contributed by atoms with Gasteiger partial charge in [-0.1, -0.05) is 24.3 Å². The summed E-state index contributed by atoms with van der Waals surface area (Å²) in [4.78, 5) is 20.9. The topological polar surface area (TPSA) is 80.2 Å². The number of aliphatic imine (C=N–C) groups is 1. The van der Waals surface area contributed by atoms with E-state index >= 15 is 0 Å². The number of piperidine rings is 1. The maximum absolute atomic E-state index is 11.6. The van der Waals surface area contributed by atoms with Gasteiger partial charge in [-0.3, -0.25) is 14.7 Å². The molecule has 3 rings (SSSR count). The first kappa shape index (κ1) is 25.9. The summed E-state index contributed by atoms with van der Waals surface area (Å²) in [5, 5.41) is 16.7. The second kappa shape index (κ2) is 13.2. The molecule has 2 aliphatic heterocycles. The minimum Gasteiger partial charge on any atom is -0.390 e. The van der Waals surface area contributed by atoms with Gasteiger partial charge in [0.2, 0.25) is 5.91 Å². The zero-order valence-corrected chi connectivity index (χ0v) is 21.2. The number of aliphatic hydroxyl groups excluding tert-OH is 1. The Labute approximate surface area is 203 Å². The fourth-order valence-corrected chi connectivity index (χ4v) is 4.40. The van der Waals surface area contributed by atoms with Gasteiger partial charge in [0, 0.05) is 52.7 Å². The van der Waals surface area contributed by atoms with Crippen LogP contribution in [-0.4, -0.2) is 79.2 Å². The number of hydrogen-bond donors (Lipinski definition) is 3. The van der Waals surface area contributed by atoms with Gasteiger partial charge in [-0.05, 0) is 43.2 Å². The van der Waals surface area contributed by atoms with Crippen LogP contribution in [0.2, 0.25) is 0 Å². The molecule has 1 fully saturated rings. The first-order valence-corrected chi connectivity index (χ1v) is 11.3. The molecule has 1 aromatic carbocycles. The number of fused-ring (bicyclic) bond motifs is 1. The van der Waals surface area contributed by atoms with Crippen LogP contribution in [0.1, 0.15) is 37.3 Å². The van der Waals surface area contributed by atoms with E-state index in [0.29, 0.717) is 25.4 Å². The van der Waals surface area contributed by atoms with Gasteiger partial charge in [-0.2, -0.15) is 0 Å². The molecule has 1 aromatic rings. The Kier molecular flexibility index (Phi) is 11.0. The highest BCUT2D eigenvalue weighted by molar-refractivity contribution is 14.0. The fraction of sp³-hybridized carbons (Fsp3) is 0.652. The van der Waals surface area contributed by atoms with Crippen molar-refractivity contribution in [3.63, 3.8) is 0 Å². The number of carbonyl (C=O) groups excluding carboxylic acids is 1. The van der Waals surface area contributed by atoms with E-state index in [0.717, 1.165) is 57.9 Å². The van der Waals surface area contributed by atoms with Gasteiger partial charge in [-0.15, -0.1) is 24.0 Å². The summed E-state index contributed by atoms with van der Waals surface area (Å²) in [5.41, 5.74) is 2.79. The predicted molar refractivity (Wildman–Crippen MR) is 136 cm³/mol. The number of rotatable bonds is 7. The van der Waals surface area contributed by atoms with Gasteiger partial charge in [0.1, 0.15) is 0 Å². The van der Waals surface area contributed by atoms with Crippen molar-refractivity contribution in [3.8, 4) is 0 Å². The number of halogens is 1. The number of hydrogen-bond acceptors (Lipinski definition) is 4. The van der Waals surface area contributed by atoms with E-state index in [1.807, 2.05) is 0 Å². The van der Waals surface area contributed by atoms with E-state index < -0.39 is 6.10 Å². The third-order valence-electron chi connectivity index (χ3n) is 6.13. The van der Waals surface area contributed by atoms with E-state index in [1.54, 1.807) is 7.05 Å². The molecule has 1 saturated heterocycles. The SMILES string of the molecule is CCNC(=NCC(O)CN1CCc2ccccc2C1)N1CCC(CC(=O)NC)CC1.I. The zero-order valence-electron chi connectivity index (χ0n) is 18.8. The van der Waals surface area contributed by atoms with Crippen molar-refractivity contribution in [3.05, 3.63) is 35.4 Å². The molecule has 2 heterocycles. The summed E-state index contributed by atoms with van der Waals surface area (Å²) in [6.07, 6.45) is 3.16. The minimum absolute atomic E-state index is 0. The summed E-state index contributed by atoms with van der Waals surface area (Å²) in [5.74, 6) is 1.44. The van der Waals surface area contributed by atoms with Crippen LogP contribution in [0, 0.1) is 5.92 Å². The minimum atomic E-state index is -0.477. The summed E-state index contributed by atoms with van der Waals surface area (Å²) in [6, 6.07) is 8.57. The third-order valence-corrected chi connectivity index (χ3v) is 6.13. The van der Waals surface area contributed by atoms with Crippen molar-refractivity contribution in [2.75, 3.05) is 46.3 Å². The number of aliphatic hydroxyl groups is 1. The van der Waals surface area contributed by atoms with Crippen molar-refractivity contribution in [2.45, 2.75) is 45.3 Å². The van der Waals surface area contributed by atoms with Gasteiger partial charge >= 0.3 is 0 Å². The number of nitrogens with one attached hydrogen (secondary N) is 2. The second-order valence-corrected chi connectivity index (χ2v) is 8.41. The molecule has 3 N–H and O–H groups in total. The number of β-amino-alcohol motifs (C(OH)–C–C–N with tert-alkyl or cyclic N) is 1. The average Bonchev–Trinajstić information content (AvgIpc) is 2.77. The largest absolute Gasteiger partial charge is 0.390 e. The van der Waals surface area contributed by atoms with Crippen LogP contribution in [0.5, 0.6) is 0 Å². The molecule has 1 amide bonds. The van der Waals surface area contributed by atoms with Crippen molar-refractivity contribution >= 4 is 35.8 Å². The average molecular weight is 543 g/mol. The molecule has 0 radical (unpaired) electrons. The van der Waals surface area contributed by atoms with Gasteiger partial charge in [-0.25, -0.2) is 0 Å². The number of likely N-dealkylation sites (tertiary alicyclic amines) is 1. The molecular formula is C23H38IN5O2. The van der Waals surface area contributed by atoms with Crippen LogP contribution in [0.15, 0.2) is 29.3 Å². The van der Waals surface area contributed by atoms with E-state index in [-0.39, 0.29) is 29.9 Å². The number of nitrogens with zero attached hydrogens (tertiary/aromatic N) is 3. The lowest BCUT2D eigenvalue weighted by atomic mass is 9.93. The summed E-state index contributed by atoms with van der Waals surface area (Å²) < 4.78 is 0. The van der Waals surface area contributed by atoms with Crippen molar-refractivity contribution in [1.29, 1.82) is 0 Å². The molecular weight excluding hydrogens is 505 g/mol. The summed E-state index contributed by atoms with van der Waals surface area (Å²) in [6.45, 7) is 7.58. The Morgan fingerprint density at radius 1 is 1.23 bits per heavy atom. The summed E-state index contributed by atoms with van der Waals surface area (Å²) >= 11 is 0. The normalized spacial score (nSPS) is 18.7. The molecule has 174 valence electrons. The van der Waals surface area contributed by atoms with E-state index in [2.05, 4.69) is 51.6 Å². The number of benzene rings is 1. The van der Waals surface area contributed by atoms with Crippen LogP contribution >= 0.6 is 24.0 Å². The molecule has 0 aliphatic carbocycles. The van der Waals surface area contributed by atoms with Crippen LogP contribution < -0.4 is 10.6 Å². The lowest BCUT2D eigenvalue weighted by Gasteiger charge is -2.34. The smallest absolute Gasteiger partial charge is 0.220 e. The van der Waals surface area contributed by atoms with Crippen LogP contribution in [0.4, 0.5) is 0 Å². The third kappa shape index (κ3) is 7.91. The maximum atomic E-state index is 11.6. The Bertz CT molecular complexity index is 722. The molecule has 1 unspecified atom stereocenters. The van der Waals surface area contributed by atoms with Crippen LogP contribution in [-0.2, 0) is 17.8 Å². The molecule has 31 heavy (non-hydrogen) atoms. The molecule has 0 spiro atoms. The quantitative estimate of drug-likeness (QED) is 0.278. The lowest BCUT2D eigenvalue weighted by molar-refractivity contribution is -0.121. The Hall–Kier alpha value is -1.39.